The van der Waals surface area contributed by atoms with Crippen molar-refractivity contribution in [1.82, 2.24) is 0 Å². The maximum Gasteiger partial charge on any atom is 0.218 e. The number of carbonyl (C=O) groups excluding carboxylic acids is 1. The molecule has 1 unspecified atom stereocenters. The molecule has 0 heterocycles. The Bertz CT molecular complexity index is 742. The number of rotatable bonds is 5. The Labute approximate surface area is 145 Å². The van der Waals surface area contributed by atoms with E-state index in [9.17, 15) is 4.79 Å². The molecule has 0 saturated carbocycles. The van der Waals surface area contributed by atoms with E-state index >= 15 is 0 Å². The van der Waals surface area contributed by atoms with E-state index < -0.39 is 5.41 Å². The molecular weight excluding hydrogens is 311 g/mol. The zero-order chi connectivity index (χ0) is 17.0. The van der Waals surface area contributed by atoms with Gasteiger partial charge >= 0.3 is 0 Å². The first-order valence-electron chi connectivity index (χ1n) is 7.97. The maximum atomic E-state index is 13.5. The molecule has 0 bridgehead atoms. The molecule has 1 atom stereocenters. The lowest BCUT2D eigenvalue weighted by atomic mass is 9.66. The maximum absolute atomic E-state index is 13.5. The average Bonchev–Trinajstić information content (AvgIpc) is 2.65. The summed E-state index contributed by atoms with van der Waals surface area (Å²) in [6.45, 7) is 1.86. The van der Waals surface area contributed by atoms with Crippen LogP contribution in [0.25, 0.3) is 0 Å². The molecule has 3 rings (SSSR count). The largest absolute Gasteiger partial charge is 0.289 e. The number of Topliss-reactive ketones (excluding diaryl/α,β-unsaturated/α-hetero) is 1. The summed E-state index contributed by atoms with van der Waals surface area (Å²) < 4.78 is 0. The van der Waals surface area contributed by atoms with Crippen LogP contribution in [0.4, 0.5) is 0 Å². The van der Waals surface area contributed by atoms with E-state index in [1.807, 2.05) is 97.9 Å². The van der Waals surface area contributed by atoms with Crippen molar-refractivity contribution in [3.63, 3.8) is 0 Å². The van der Waals surface area contributed by atoms with Gasteiger partial charge < -0.3 is 0 Å². The fourth-order valence-electron chi connectivity index (χ4n) is 3.25. The molecule has 118 valence electrons. The Morgan fingerprint density at radius 1 is 0.667 bits per heavy atom. The number of benzene rings is 3. The van der Waals surface area contributed by atoms with E-state index in [1.54, 1.807) is 0 Å². The minimum Gasteiger partial charge on any atom is -0.289 e. The standard InChI is InChI=1S/C22H19OP/c1-17(24)21(23)22(18-11-5-2-6-12-18,19-13-7-3-8-14-19)20-15-9-4-10-16-20/h2-16,24H,1H3/p+1. The van der Waals surface area contributed by atoms with Gasteiger partial charge in [0.05, 0.1) is 8.86 Å². The lowest BCUT2D eigenvalue weighted by Crippen LogP contribution is -2.41. The topological polar surface area (TPSA) is 17.1 Å². The summed E-state index contributed by atoms with van der Waals surface area (Å²) >= 11 is 0. The van der Waals surface area contributed by atoms with Crippen molar-refractivity contribution in [2.24, 2.45) is 0 Å². The van der Waals surface area contributed by atoms with Gasteiger partial charge in [0.15, 0.2) is 5.29 Å². The highest BCUT2D eigenvalue weighted by Crippen LogP contribution is 2.40. The first kappa shape index (κ1) is 16.4. The van der Waals surface area contributed by atoms with Crippen LogP contribution in [-0.2, 0) is 10.2 Å². The summed E-state index contributed by atoms with van der Waals surface area (Å²) in [7, 11) is 2.58. The van der Waals surface area contributed by atoms with Crippen molar-refractivity contribution in [2.45, 2.75) is 12.3 Å². The van der Waals surface area contributed by atoms with Crippen LogP contribution in [0, 0.1) is 0 Å². The lowest BCUT2D eigenvalue weighted by molar-refractivity contribution is -0.115. The highest BCUT2D eigenvalue weighted by molar-refractivity contribution is 7.25. The Hall–Kier alpha value is -2.50. The first-order chi connectivity index (χ1) is 11.7. The van der Waals surface area contributed by atoms with Crippen molar-refractivity contribution in [3.05, 3.63) is 108 Å². The Morgan fingerprint density at radius 2 is 0.958 bits per heavy atom. The molecule has 24 heavy (non-hydrogen) atoms. The second kappa shape index (κ2) is 6.95. The molecule has 0 fully saturated rings. The molecule has 0 spiro atoms. The van der Waals surface area contributed by atoms with E-state index in [2.05, 4.69) is 8.86 Å². The molecular formula is C22H20OP+. The fraction of sp³-hybridized carbons (Fsp3) is 0.0909. The van der Waals surface area contributed by atoms with Gasteiger partial charge in [0.25, 0.3) is 0 Å². The Morgan fingerprint density at radius 3 is 1.21 bits per heavy atom. The number of carbonyl (C=O) groups is 1. The van der Waals surface area contributed by atoms with Gasteiger partial charge in [-0.2, -0.15) is 0 Å². The van der Waals surface area contributed by atoms with E-state index in [0.717, 1.165) is 16.7 Å². The van der Waals surface area contributed by atoms with E-state index in [4.69, 9.17) is 0 Å². The lowest BCUT2D eigenvalue weighted by Gasteiger charge is -2.33. The highest BCUT2D eigenvalue weighted by atomic mass is 31.0. The highest BCUT2D eigenvalue weighted by Gasteiger charge is 2.45. The smallest absolute Gasteiger partial charge is 0.218 e. The molecule has 0 aliphatic carbocycles. The van der Waals surface area contributed by atoms with Gasteiger partial charge in [0, 0.05) is 6.92 Å². The molecule has 0 amide bonds. The summed E-state index contributed by atoms with van der Waals surface area (Å²) in [4.78, 5) is 13.5. The quantitative estimate of drug-likeness (QED) is 0.491. The normalized spacial score (nSPS) is 11.0. The van der Waals surface area contributed by atoms with Crippen molar-refractivity contribution >= 4 is 19.9 Å². The van der Waals surface area contributed by atoms with Crippen LogP contribution in [-0.4, -0.2) is 11.1 Å². The van der Waals surface area contributed by atoms with Crippen LogP contribution in [0.3, 0.4) is 0 Å². The van der Waals surface area contributed by atoms with E-state index in [0.29, 0.717) is 5.29 Å². The van der Waals surface area contributed by atoms with Crippen LogP contribution in [0.2, 0.25) is 0 Å². The third-order valence-electron chi connectivity index (χ3n) is 4.32. The summed E-state index contributed by atoms with van der Waals surface area (Å²) in [5, 5.41) is 0.714. The molecule has 0 saturated heterocycles. The van der Waals surface area contributed by atoms with Crippen molar-refractivity contribution < 1.29 is 4.79 Å². The van der Waals surface area contributed by atoms with E-state index in [1.165, 1.54) is 0 Å². The first-order valence-corrected chi connectivity index (χ1v) is 8.55. The van der Waals surface area contributed by atoms with Crippen molar-refractivity contribution in [2.75, 3.05) is 0 Å². The average molecular weight is 331 g/mol. The van der Waals surface area contributed by atoms with Gasteiger partial charge in [-0.15, -0.1) is 0 Å². The summed E-state index contributed by atoms with van der Waals surface area (Å²) in [6, 6.07) is 30.1. The van der Waals surface area contributed by atoms with Gasteiger partial charge in [0.2, 0.25) is 5.78 Å². The fourth-order valence-corrected chi connectivity index (χ4v) is 3.47. The second-order valence-electron chi connectivity index (χ2n) is 5.86. The second-order valence-corrected chi connectivity index (χ2v) is 6.73. The number of ketones is 1. The van der Waals surface area contributed by atoms with Gasteiger partial charge in [-0.05, 0) is 16.7 Å². The third-order valence-corrected chi connectivity index (χ3v) is 4.58. The summed E-state index contributed by atoms with van der Waals surface area (Å²) in [5.41, 5.74) is 2.10. The predicted molar refractivity (Wildman–Crippen MR) is 105 cm³/mol. The van der Waals surface area contributed by atoms with Crippen molar-refractivity contribution in [1.29, 1.82) is 0 Å². The van der Waals surface area contributed by atoms with Crippen LogP contribution in [0.1, 0.15) is 23.6 Å². The summed E-state index contributed by atoms with van der Waals surface area (Å²) in [6.07, 6.45) is 0. The summed E-state index contributed by atoms with van der Waals surface area (Å²) in [5.74, 6) is 0.0936. The molecule has 3 aromatic carbocycles. The van der Waals surface area contributed by atoms with Crippen LogP contribution in [0.5, 0.6) is 0 Å². The van der Waals surface area contributed by atoms with Gasteiger partial charge in [0.1, 0.15) is 5.41 Å². The Balaban J connectivity index is 2.42. The Kier molecular flexibility index (Phi) is 4.74. The van der Waals surface area contributed by atoms with Crippen LogP contribution in [0.15, 0.2) is 91.0 Å². The molecule has 1 nitrogen and oxygen atoms in total. The zero-order valence-electron chi connectivity index (χ0n) is 13.6. The minimum absolute atomic E-state index is 0.0936. The molecule has 0 aliphatic heterocycles. The third kappa shape index (κ3) is 2.72. The van der Waals surface area contributed by atoms with Crippen LogP contribution < -0.4 is 0 Å². The number of hydrogen-bond donors (Lipinski definition) is 0. The number of hydrogen-bond acceptors (Lipinski definition) is 1. The minimum atomic E-state index is -0.838. The predicted octanol–water partition coefficient (Wildman–Crippen LogP) is 4.66. The van der Waals surface area contributed by atoms with Crippen LogP contribution >= 0.6 is 8.86 Å². The van der Waals surface area contributed by atoms with Gasteiger partial charge in [-0.3, -0.25) is 4.79 Å². The van der Waals surface area contributed by atoms with Crippen molar-refractivity contribution in [3.8, 4) is 0 Å². The van der Waals surface area contributed by atoms with Gasteiger partial charge in [-0.25, -0.2) is 0 Å². The zero-order valence-corrected chi connectivity index (χ0v) is 14.8. The molecule has 2 heteroatoms. The molecule has 3 aromatic rings. The molecule has 0 radical (unpaired) electrons. The molecule has 0 N–H and O–H groups in total. The van der Waals surface area contributed by atoms with E-state index in [-0.39, 0.29) is 5.78 Å². The van der Waals surface area contributed by atoms with Gasteiger partial charge in [-0.1, -0.05) is 91.0 Å². The monoisotopic (exact) mass is 331 g/mol. The molecule has 0 aliphatic rings. The molecule has 0 aromatic heterocycles. The SMILES string of the molecule is CC(=[PH2+])C(=O)C(c1ccccc1)(c1ccccc1)c1ccccc1.